The van der Waals surface area contributed by atoms with E-state index in [4.69, 9.17) is 10.5 Å². The molecule has 1 aliphatic rings. The molecule has 0 spiro atoms. The number of nitrogens with zero attached hydrogens (tertiary/aromatic N) is 1. The number of rotatable bonds is 6. The molecule has 1 aliphatic heterocycles. The fourth-order valence-corrected chi connectivity index (χ4v) is 4.69. The smallest absolute Gasteiger partial charge is 0.263 e. The molecule has 118 valence electrons. The zero-order valence-corrected chi connectivity index (χ0v) is 14.4. The van der Waals surface area contributed by atoms with Crippen molar-refractivity contribution in [2.24, 2.45) is 0 Å². The highest BCUT2D eigenvalue weighted by Crippen LogP contribution is 2.44. The number of nitrogens with two attached hydrogens (primary N) is 1. The summed E-state index contributed by atoms with van der Waals surface area (Å²) in [6.07, 6.45) is 4.52. The highest BCUT2D eigenvalue weighted by molar-refractivity contribution is 7.99. The summed E-state index contributed by atoms with van der Waals surface area (Å²) in [7, 11) is 1.63. The fraction of sp³-hybridized carbons (Fsp3) is 0.643. The first-order chi connectivity index (χ1) is 10.1. The normalized spacial score (nSPS) is 18.0. The van der Waals surface area contributed by atoms with Crippen molar-refractivity contribution in [2.45, 2.75) is 30.8 Å². The number of hydrogen-bond donors (Lipinski definition) is 2. The van der Waals surface area contributed by atoms with Crippen LogP contribution in [-0.4, -0.2) is 45.0 Å². The van der Waals surface area contributed by atoms with Gasteiger partial charge in [0, 0.05) is 26.7 Å². The molecule has 2 heterocycles. The Morgan fingerprint density at radius 3 is 2.90 bits per heavy atom. The third kappa shape index (κ3) is 3.46. The van der Waals surface area contributed by atoms with E-state index in [0.717, 1.165) is 42.4 Å². The minimum absolute atomic E-state index is 0.118. The first-order valence-electron chi connectivity index (χ1n) is 7.17. The zero-order chi connectivity index (χ0) is 15.4. The number of anilines is 2. The van der Waals surface area contributed by atoms with Crippen LogP contribution in [0, 0.1) is 0 Å². The van der Waals surface area contributed by atoms with E-state index in [9.17, 15) is 4.79 Å². The van der Waals surface area contributed by atoms with Crippen molar-refractivity contribution in [3.63, 3.8) is 0 Å². The van der Waals surface area contributed by atoms with Gasteiger partial charge < -0.3 is 20.7 Å². The minimum Gasteiger partial charge on any atom is -0.396 e. The van der Waals surface area contributed by atoms with Crippen LogP contribution in [0.3, 0.4) is 0 Å². The van der Waals surface area contributed by atoms with Crippen LogP contribution in [0.5, 0.6) is 0 Å². The number of likely N-dealkylation sites (N-methyl/N-ethyl adjacent to an activating group) is 1. The van der Waals surface area contributed by atoms with Crippen molar-refractivity contribution in [1.82, 2.24) is 5.32 Å². The van der Waals surface area contributed by atoms with E-state index in [1.807, 2.05) is 6.26 Å². The van der Waals surface area contributed by atoms with Crippen LogP contribution >= 0.6 is 23.1 Å². The highest BCUT2D eigenvalue weighted by atomic mass is 32.2. The monoisotopic (exact) mass is 329 g/mol. The molecule has 1 saturated heterocycles. The maximum absolute atomic E-state index is 11.9. The van der Waals surface area contributed by atoms with E-state index >= 15 is 0 Å². The van der Waals surface area contributed by atoms with Gasteiger partial charge in [0.05, 0.1) is 16.7 Å². The lowest BCUT2D eigenvalue weighted by molar-refractivity contribution is 0.0968. The number of hydrogen-bond acceptors (Lipinski definition) is 6. The van der Waals surface area contributed by atoms with Gasteiger partial charge in [-0.25, -0.2) is 0 Å². The van der Waals surface area contributed by atoms with Gasteiger partial charge in [0.2, 0.25) is 0 Å². The van der Waals surface area contributed by atoms with Crippen LogP contribution in [0.25, 0.3) is 0 Å². The average molecular weight is 329 g/mol. The lowest BCUT2D eigenvalue weighted by Crippen LogP contribution is -2.31. The van der Waals surface area contributed by atoms with Crippen molar-refractivity contribution < 1.29 is 9.53 Å². The Labute approximate surface area is 134 Å². The Kier molecular flexibility index (Phi) is 5.78. The summed E-state index contributed by atoms with van der Waals surface area (Å²) in [6.45, 7) is 4.71. The molecule has 0 aliphatic carbocycles. The van der Waals surface area contributed by atoms with Crippen LogP contribution in [0.2, 0.25) is 0 Å². The maximum Gasteiger partial charge on any atom is 0.263 e. The second kappa shape index (κ2) is 7.38. The van der Waals surface area contributed by atoms with Crippen LogP contribution < -0.4 is 16.0 Å². The fourth-order valence-electron chi connectivity index (χ4n) is 2.49. The molecule has 0 radical (unpaired) electrons. The van der Waals surface area contributed by atoms with Crippen molar-refractivity contribution >= 4 is 39.7 Å². The first kappa shape index (κ1) is 16.5. The van der Waals surface area contributed by atoms with Gasteiger partial charge in [-0.2, -0.15) is 0 Å². The van der Waals surface area contributed by atoms with Crippen molar-refractivity contribution in [3.05, 3.63) is 4.88 Å². The molecule has 0 saturated carbocycles. The van der Waals surface area contributed by atoms with Crippen LogP contribution in [0.4, 0.5) is 10.7 Å². The zero-order valence-electron chi connectivity index (χ0n) is 12.8. The molecule has 1 unspecified atom stereocenters. The Bertz CT molecular complexity index is 499. The molecule has 1 aromatic rings. The Hall–Kier alpha value is -0.920. The van der Waals surface area contributed by atoms with Gasteiger partial charge in [-0.15, -0.1) is 23.1 Å². The first-order valence-corrected chi connectivity index (χ1v) is 9.21. The summed E-state index contributed by atoms with van der Waals surface area (Å²) < 4.78 is 5.73. The summed E-state index contributed by atoms with van der Waals surface area (Å²) in [5.74, 6) is -0.118. The van der Waals surface area contributed by atoms with Gasteiger partial charge in [0.25, 0.3) is 5.91 Å². The summed E-state index contributed by atoms with van der Waals surface area (Å²) in [5.41, 5.74) is 6.75. The molecule has 3 N–H and O–H groups in total. The van der Waals surface area contributed by atoms with E-state index in [-0.39, 0.29) is 12.0 Å². The van der Waals surface area contributed by atoms with Gasteiger partial charge in [-0.05, 0) is 26.0 Å². The number of thiophene rings is 1. The third-order valence-corrected chi connectivity index (χ3v) is 5.85. The second-order valence-corrected chi connectivity index (χ2v) is 6.75. The SMILES string of the molecule is CCN(CC1CCCO1)c1sc(C(=O)NC)c(N)c1SC. The third-order valence-electron chi connectivity index (χ3n) is 3.64. The van der Waals surface area contributed by atoms with E-state index in [1.165, 1.54) is 11.3 Å². The van der Waals surface area contributed by atoms with E-state index in [1.54, 1.807) is 18.8 Å². The predicted molar refractivity (Wildman–Crippen MR) is 90.8 cm³/mol. The molecule has 21 heavy (non-hydrogen) atoms. The molecule has 0 aromatic carbocycles. The van der Waals surface area contributed by atoms with E-state index < -0.39 is 0 Å². The number of nitrogens with one attached hydrogen (secondary N) is 1. The van der Waals surface area contributed by atoms with Crippen molar-refractivity contribution in [2.75, 3.05) is 43.6 Å². The minimum atomic E-state index is -0.118. The lowest BCUT2D eigenvalue weighted by atomic mass is 10.2. The van der Waals surface area contributed by atoms with Gasteiger partial charge in [0.15, 0.2) is 0 Å². The van der Waals surface area contributed by atoms with Crippen LogP contribution in [0.1, 0.15) is 29.4 Å². The molecule has 5 nitrogen and oxygen atoms in total. The molecule has 7 heteroatoms. The molecular weight excluding hydrogens is 306 g/mol. The standard InChI is InChI=1S/C14H23N3O2S2/c1-4-17(8-9-6-5-7-19-9)14-12(20-3)10(15)11(21-14)13(18)16-2/h9H,4-8,15H2,1-3H3,(H,16,18). The predicted octanol–water partition coefficient (Wildman–Crippen LogP) is 2.42. The molecule has 0 bridgehead atoms. The van der Waals surface area contributed by atoms with Crippen molar-refractivity contribution in [3.8, 4) is 0 Å². The second-order valence-electron chi connectivity index (χ2n) is 4.94. The number of nitrogen functional groups attached to an aromatic ring is 1. The quantitative estimate of drug-likeness (QED) is 0.785. The van der Waals surface area contributed by atoms with Gasteiger partial charge in [-0.3, -0.25) is 4.79 Å². The van der Waals surface area contributed by atoms with Gasteiger partial charge in [0.1, 0.15) is 9.88 Å². The Morgan fingerprint density at radius 2 is 2.38 bits per heavy atom. The van der Waals surface area contributed by atoms with E-state index in [2.05, 4.69) is 17.1 Å². The number of ether oxygens (including phenoxy) is 1. The molecule has 1 atom stereocenters. The van der Waals surface area contributed by atoms with Crippen molar-refractivity contribution in [1.29, 1.82) is 0 Å². The average Bonchev–Trinajstić information content (AvgIpc) is 3.11. The summed E-state index contributed by atoms with van der Waals surface area (Å²) in [4.78, 5) is 15.8. The Balaban J connectivity index is 2.28. The summed E-state index contributed by atoms with van der Waals surface area (Å²) in [5, 5.41) is 3.74. The molecule has 1 fully saturated rings. The largest absolute Gasteiger partial charge is 0.396 e. The number of carbonyl (C=O) groups is 1. The topological polar surface area (TPSA) is 67.6 Å². The maximum atomic E-state index is 11.9. The molecule has 1 aromatic heterocycles. The lowest BCUT2D eigenvalue weighted by Gasteiger charge is -2.25. The van der Waals surface area contributed by atoms with Crippen LogP contribution in [0.15, 0.2) is 4.90 Å². The van der Waals surface area contributed by atoms with Crippen LogP contribution in [-0.2, 0) is 4.74 Å². The van der Waals surface area contributed by atoms with E-state index in [0.29, 0.717) is 10.6 Å². The summed E-state index contributed by atoms with van der Waals surface area (Å²) >= 11 is 3.07. The van der Waals surface area contributed by atoms with Gasteiger partial charge in [-0.1, -0.05) is 0 Å². The summed E-state index contributed by atoms with van der Waals surface area (Å²) in [6, 6.07) is 0. The molecular formula is C14H23N3O2S2. The number of carbonyl (C=O) groups excluding carboxylic acids is 1. The highest BCUT2D eigenvalue weighted by Gasteiger charge is 2.25. The molecule has 1 amide bonds. The number of thioether (sulfide) groups is 1. The Morgan fingerprint density at radius 1 is 1.62 bits per heavy atom. The van der Waals surface area contributed by atoms with Gasteiger partial charge >= 0.3 is 0 Å². The number of amides is 1. The molecule has 2 rings (SSSR count).